The van der Waals surface area contributed by atoms with Crippen LogP contribution in [0.15, 0.2) is 55.6 Å². The number of aliphatic hydroxyl groups excluding tert-OH is 2. The normalized spacial score (nSPS) is 23.5. The Morgan fingerprint density at radius 2 is 2.10 bits per heavy atom. The minimum absolute atomic E-state index is 0.205. The van der Waals surface area contributed by atoms with Gasteiger partial charge in [-0.1, -0.05) is 24.3 Å². The quantitative estimate of drug-likeness (QED) is 0.489. The van der Waals surface area contributed by atoms with Crippen LogP contribution in [0.3, 0.4) is 0 Å². The second kappa shape index (κ2) is 8.67. The molecule has 10 nitrogen and oxygen atoms in total. The van der Waals surface area contributed by atoms with Gasteiger partial charge in [-0.15, -0.1) is 6.58 Å². The number of rotatable bonds is 7. The number of hydrogen-bond donors (Lipinski definition) is 3. The van der Waals surface area contributed by atoms with Gasteiger partial charge in [0, 0.05) is 5.56 Å². The maximum absolute atomic E-state index is 12.5. The molecule has 1 amide bonds. The van der Waals surface area contributed by atoms with Crippen molar-refractivity contribution in [3.05, 3.63) is 61.2 Å². The van der Waals surface area contributed by atoms with Crippen LogP contribution in [0.2, 0.25) is 0 Å². The topological polar surface area (TPSA) is 132 Å². The summed E-state index contributed by atoms with van der Waals surface area (Å²) in [6, 6.07) is 8.72. The van der Waals surface area contributed by atoms with E-state index in [0.717, 1.165) is 0 Å². The van der Waals surface area contributed by atoms with Gasteiger partial charge in [0.1, 0.15) is 24.6 Å². The summed E-state index contributed by atoms with van der Waals surface area (Å²) in [6.07, 6.45) is 0.867. The number of benzene rings is 1. The standard InChI is InChI=1S/C20H21N5O5/c1-2-8-29-16-13(9-26)30-20(15(16)27)25-11-23-14-17(21-10-22-18(14)25)24-19(28)12-6-4-3-5-7-12/h2-7,10-11,13,15-16,20,26-27H,1,8-9H2,(H,21,22,24,28)/t13-,15-,16-,20-/m1/s1. The molecule has 1 aliphatic rings. The summed E-state index contributed by atoms with van der Waals surface area (Å²) >= 11 is 0. The number of hydrogen-bond acceptors (Lipinski definition) is 8. The van der Waals surface area contributed by atoms with Gasteiger partial charge in [0.05, 0.1) is 19.5 Å². The number of carbonyl (C=O) groups excluding carboxylic acids is 1. The highest BCUT2D eigenvalue weighted by Crippen LogP contribution is 2.33. The van der Waals surface area contributed by atoms with Crippen LogP contribution in [-0.4, -0.2) is 67.2 Å². The van der Waals surface area contributed by atoms with E-state index in [-0.39, 0.29) is 24.9 Å². The molecule has 0 unspecified atom stereocenters. The summed E-state index contributed by atoms with van der Waals surface area (Å²) in [4.78, 5) is 25.1. The second-order valence-corrected chi connectivity index (χ2v) is 6.69. The molecule has 1 saturated heterocycles. The first-order valence-electron chi connectivity index (χ1n) is 9.35. The lowest BCUT2D eigenvalue weighted by Crippen LogP contribution is -2.36. The maximum Gasteiger partial charge on any atom is 0.256 e. The number of ether oxygens (including phenoxy) is 2. The third-order valence-electron chi connectivity index (χ3n) is 4.80. The summed E-state index contributed by atoms with van der Waals surface area (Å²) in [6.45, 7) is 3.47. The minimum atomic E-state index is -1.07. The van der Waals surface area contributed by atoms with E-state index in [9.17, 15) is 15.0 Å². The van der Waals surface area contributed by atoms with E-state index in [1.54, 1.807) is 30.3 Å². The molecule has 10 heteroatoms. The zero-order valence-electron chi connectivity index (χ0n) is 16.0. The van der Waals surface area contributed by atoms with Gasteiger partial charge in [0.15, 0.2) is 23.2 Å². The lowest BCUT2D eigenvalue weighted by atomic mass is 10.1. The molecule has 0 aliphatic carbocycles. The predicted octanol–water partition coefficient (Wildman–Crippen LogP) is 0.900. The van der Waals surface area contributed by atoms with Gasteiger partial charge in [-0.25, -0.2) is 15.0 Å². The van der Waals surface area contributed by atoms with Crippen LogP contribution in [0.25, 0.3) is 11.2 Å². The van der Waals surface area contributed by atoms with Gasteiger partial charge in [0.25, 0.3) is 5.91 Å². The van der Waals surface area contributed by atoms with Gasteiger partial charge in [0.2, 0.25) is 0 Å². The average molecular weight is 411 g/mol. The van der Waals surface area contributed by atoms with Gasteiger partial charge in [-0.2, -0.15) is 0 Å². The minimum Gasteiger partial charge on any atom is -0.394 e. The zero-order chi connectivity index (χ0) is 21.1. The molecule has 0 radical (unpaired) electrons. The number of fused-ring (bicyclic) bond motifs is 1. The van der Waals surface area contributed by atoms with Crippen LogP contribution in [0.5, 0.6) is 0 Å². The van der Waals surface area contributed by atoms with Crippen molar-refractivity contribution in [2.45, 2.75) is 24.5 Å². The molecule has 0 spiro atoms. The number of aromatic nitrogens is 4. The number of amides is 1. The van der Waals surface area contributed by atoms with Gasteiger partial charge in [-0.05, 0) is 12.1 Å². The molecular formula is C20H21N5O5. The molecule has 1 aliphatic heterocycles. The Labute approximate surface area is 171 Å². The van der Waals surface area contributed by atoms with Crippen molar-refractivity contribution < 1.29 is 24.5 Å². The van der Waals surface area contributed by atoms with Gasteiger partial charge >= 0.3 is 0 Å². The highest BCUT2D eigenvalue weighted by atomic mass is 16.6. The summed E-state index contributed by atoms with van der Waals surface area (Å²) in [7, 11) is 0. The molecule has 4 atom stereocenters. The maximum atomic E-state index is 12.5. The molecule has 4 rings (SSSR count). The second-order valence-electron chi connectivity index (χ2n) is 6.69. The van der Waals surface area contributed by atoms with Crippen LogP contribution < -0.4 is 5.32 Å². The highest BCUT2D eigenvalue weighted by molar-refractivity contribution is 6.06. The van der Waals surface area contributed by atoms with Crippen LogP contribution >= 0.6 is 0 Å². The Balaban J connectivity index is 1.62. The van der Waals surface area contributed by atoms with Crippen LogP contribution in [0.1, 0.15) is 16.6 Å². The molecule has 2 aromatic heterocycles. The Bertz CT molecular complexity index is 1040. The van der Waals surface area contributed by atoms with Crippen molar-refractivity contribution in [1.82, 2.24) is 19.5 Å². The molecule has 0 saturated carbocycles. The van der Waals surface area contributed by atoms with E-state index < -0.39 is 24.5 Å². The summed E-state index contributed by atoms with van der Waals surface area (Å²) in [5, 5.41) is 23.0. The molecule has 156 valence electrons. The van der Waals surface area contributed by atoms with Crippen LogP contribution in [0.4, 0.5) is 5.82 Å². The number of nitrogens with zero attached hydrogens (tertiary/aromatic N) is 4. The highest BCUT2D eigenvalue weighted by Gasteiger charge is 2.45. The van der Waals surface area contributed by atoms with Crippen molar-refractivity contribution in [2.24, 2.45) is 0 Å². The molecule has 1 aromatic carbocycles. The van der Waals surface area contributed by atoms with Gasteiger partial charge in [-0.3, -0.25) is 9.36 Å². The van der Waals surface area contributed by atoms with Crippen molar-refractivity contribution >= 4 is 22.9 Å². The molecule has 3 N–H and O–H groups in total. The van der Waals surface area contributed by atoms with Crippen molar-refractivity contribution in [2.75, 3.05) is 18.5 Å². The third kappa shape index (κ3) is 3.68. The number of aliphatic hydroxyl groups is 2. The van der Waals surface area contributed by atoms with E-state index in [1.807, 2.05) is 6.07 Å². The van der Waals surface area contributed by atoms with E-state index in [2.05, 4.69) is 26.8 Å². The Morgan fingerprint density at radius 1 is 1.30 bits per heavy atom. The summed E-state index contributed by atoms with van der Waals surface area (Å²) < 4.78 is 12.9. The largest absolute Gasteiger partial charge is 0.394 e. The lowest BCUT2D eigenvalue weighted by Gasteiger charge is -2.19. The number of nitrogens with one attached hydrogen (secondary N) is 1. The third-order valence-corrected chi connectivity index (χ3v) is 4.80. The van der Waals surface area contributed by atoms with Crippen LogP contribution in [-0.2, 0) is 9.47 Å². The Hall–Kier alpha value is -3.18. The lowest BCUT2D eigenvalue weighted by molar-refractivity contribution is -0.0565. The van der Waals surface area contributed by atoms with Crippen molar-refractivity contribution in [3.8, 4) is 0 Å². The molecule has 1 fully saturated rings. The van der Waals surface area contributed by atoms with E-state index in [0.29, 0.717) is 16.7 Å². The van der Waals surface area contributed by atoms with E-state index in [4.69, 9.17) is 9.47 Å². The first-order valence-corrected chi connectivity index (χ1v) is 9.35. The van der Waals surface area contributed by atoms with Crippen molar-refractivity contribution in [1.29, 1.82) is 0 Å². The first-order chi connectivity index (χ1) is 14.6. The van der Waals surface area contributed by atoms with E-state index >= 15 is 0 Å². The zero-order valence-corrected chi connectivity index (χ0v) is 16.0. The molecular weight excluding hydrogens is 390 g/mol. The molecule has 3 heterocycles. The Kier molecular flexibility index (Phi) is 5.81. The van der Waals surface area contributed by atoms with E-state index in [1.165, 1.54) is 17.2 Å². The first kappa shape index (κ1) is 20.1. The molecule has 3 aromatic rings. The molecule has 0 bridgehead atoms. The number of anilines is 1. The fourth-order valence-electron chi connectivity index (χ4n) is 3.38. The van der Waals surface area contributed by atoms with Crippen LogP contribution in [0, 0.1) is 0 Å². The summed E-state index contributed by atoms with van der Waals surface area (Å²) in [5.41, 5.74) is 1.18. The average Bonchev–Trinajstić information content (AvgIpc) is 3.34. The SMILES string of the molecule is C=CCO[C@H]1[C@@H](O)[C@H](n2cnc3c(NC(=O)c4ccccc4)ncnc32)O[C@@H]1CO. The van der Waals surface area contributed by atoms with Gasteiger partial charge < -0.3 is 25.0 Å². The van der Waals surface area contributed by atoms with Crippen molar-refractivity contribution in [3.63, 3.8) is 0 Å². The summed E-state index contributed by atoms with van der Waals surface area (Å²) in [5.74, 6) is -0.0983. The monoisotopic (exact) mass is 411 g/mol. The fraction of sp³-hybridized carbons (Fsp3) is 0.300. The molecule has 30 heavy (non-hydrogen) atoms. The number of carbonyl (C=O) groups is 1. The Morgan fingerprint density at radius 3 is 2.83 bits per heavy atom. The number of imidazole rings is 1. The predicted molar refractivity (Wildman–Crippen MR) is 107 cm³/mol. The fourth-order valence-corrected chi connectivity index (χ4v) is 3.38. The smallest absolute Gasteiger partial charge is 0.256 e.